The minimum Gasteiger partial charge on any atom is -0.397 e. The molecule has 226 valence electrons. The number of hydrogen-bond donors (Lipinski definition) is 3. The first kappa shape index (κ1) is 30.8. The van der Waals surface area contributed by atoms with E-state index in [0.717, 1.165) is 11.3 Å². The van der Waals surface area contributed by atoms with E-state index < -0.39 is 23.5 Å². The highest BCUT2D eigenvalue weighted by Crippen LogP contribution is 2.38. The summed E-state index contributed by atoms with van der Waals surface area (Å²) in [5.41, 5.74) is 7.62. The second kappa shape index (κ2) is 12.0. The Hall–Kier alpha value is -4.10. The van der Waals surface area contributed by atoms with Gasteiger partial charge in [-0.3, -0.25) is 19.4 Å². The van der Waals surface area contributed by atoms with E-state index in [-0.39, 0.29) is 23.0 Å². The van der Waals surface area contributed by atoms with Crippen LogP contribution in [-0.4, -0.2) is 52.8 Å². The quantitative estimate of drug-likeness (QED) is 0.210. The van der Waals surface area contributed by atoms with Crippen molar-refractivity contribution in [1.82, 2.24) is 14.7 Å². The molecule has 0 spiro atoms. The normalized spacial score (nSPS) is 14.9. The van der Waals surface area contributed by atoms with Crippen LogP contribution in [0.2, 0.25) is 0 Å². The number of carbonyl (C=O) groups excluding carboxylic acids is 1. The lowest BCUT2D eigenvalue weighted by Gasteiger charge is -2.38. The van der Waals surface area contributed by atoms with E-state index in [0.29, 0.717) is 49.2 Å². The predicted molar refractivity (Wildman–Crippen MR) is 156 cm³/mol. The van der Waals surface area contributed by atoms with Crippen LogP contribution >= 0.6 is 0 Å². The SMILES string of the molecule is Cc1ccc(C(=O)Nc2cc(N3CCN(C(C)C)CC3)c(F)c(C(F)(F)F)c2)cc1N(N)/C=C(\N)c1cnn(C)c1C. The molecule has 2 heterocycles. The maximum Gasteiger partial charge on any atom is 0.419 e. The van der Waals surface area contributed by atoms with Gasteiger partial charge in [-0.05, 0) is 57.5 Å². The number of piperazine rings is 1. The average molecular weight is 589 g/mol. The van der Waals surface area contributed by atoms with Gasteiger partial charge < -0.3 is 16.0 Å². The summed E-state index contributed by atoms with van der Waals surface area (Å²) in [6.07, 6.45) is -1.84. The Bertz CT molecular complexity index is 1490. The number of nitrogens with two attached hydrogens (primary N) is 2. The van der Waals surface area contributed by atoms with Gasteiger partial charge >= 0.3 is 6.18 Å². The van der Waals surface area contributed by atoms with E-state index in [9.17, 15) is 18.0 Å². The number of aromatic nitrogens is 2. The summed E-state index contributed by atoms with van der Waals surface area (Å²) >= 11 is 0. The lowest BCUT2D eigenvalue weighted by molar-refractivity contribution is -0.139. The molecule has 3 aromatic rings. The highest BCUT2D eigenvalue weighted by atomic mass is 19.4. The lowest BCUT2D eigenvalue weighted by Crippen LogP contribution is -2.49. The maximum atomic E-state index is 15.2. The first-order valence-corrected chi connectivity index (χ1v) is 13.5. The monoisotopic (exact) mass is 588 g/mol. The number of benzene rings is 2. The van der Waals surface area contributed by atoms with Crippen LogP contribution in [0, 0.1) is 19.7 Å². The van der Waals surface area contributed by atoms with Crippen molar-refractivity contribution in [3.63, 3.8) is 0 Å². The zero-order chi connectivity index (χ0) is 30.9. The van der Waals surface area contributed by atoms with Crippen LogP contribution in [0.4, 0.5) is 34.6 Å². The van der Waals surface area contributed by atoms with Crippen molar-refractivity contribution >= 4 is 28.7 Å². The van der Waals surface area contributed by atoms with E-state index in [1.54, 1.807) is 35.8 Å². The number of rotatable bonds is 7. The Morgan fingerprint density at radius 2 is 1.79 bits per heavy atom. The van der Waals surface area contributed by atoms with Crippen LogP contribution in [0.5, 0.6) is 0 Å². The van der Waals surface area contributed by atoms with Gasteiger partial charge in [-0.1, -0.05) is 6.07 Å². The van der Waals surface area contributed by atoms with Crippen LogP contribution < -0.4 is 26.8 Å². The van der Waals surface area contributed by atoms with Crippen molar-refractivity contribution in [2.24, 2.45) is 18.6 Å². The van der Waals surface area contributed by atoms with Crippen molar-refractivity contribution in [3.8, 4) is 0 Å². The van der Waals surface area contributed by atoms with Crippen molar-refractivity contribution in [1.29, 1.82) is 0 Å². The number of nitrogens with zero attached hydrogens (tertiary/aromatic N) is 5. The number of aryl methyl sites for hydroxylation is 2. The van der Waals surface area contributed by atoms with Crippen molar-refractivity contribution in [2.75, 3.05) is 41.4 Å². The molecule has 0 aliphatic carbocycles. The Morgan fingerprint density at radius 1 is 1.12 bits per heavy atom. The fraction of sp³-hybridized carbons (Fsp3) is 0.379. The Balaban J connectivity index is 1.61. The third-order valence-corrected chi connectivity index (χ3v) is 7.58. The molecular formula is C29H36F4N8O. The van der Waals surface area contributed by atoms with Gasteiger partial charge in [-0.15, -0.1) is 0 Å². The fourth-order valence-electron chi connectivity index (χ4n) is 4.90. The summed E-state index contributed by atoms with van der Waals surface area (Å²) in [5.74, 6) is 4.23. The molecule has 1 saturated heterocycles. The number of alkyl halides is 3. The summed E-state index contributed by atoms with van der Waals surface area (Å²) in [7, 11) is 1.78. The van der Waals surface area contributed by atoms with Gasteiger partial charge in [0.1, 0.15) is 0 Å². The smallest absolute Gasteiger partial charge is 0.397 e. The van der Waals surface area contributed by atoms with Gasteiger partial charge in [0.25, 0.3) is 5.91 Å². The van der Waals surface area contributed by atoms with Crippen molar-refractivity contribution < 1.29 is 22.4 Å². The van der Waals surface area contributed by atoms with Crippen LogP contribution in [0.3, 0.4) is 0 Å². The van der Waals surface area contributed by atoms with Gasteiger partial charge in [0.2, 0.25) is 0 Å². The topological polar surface area (TPSA) is 109 Å². The largest absolute Gasteiger partial charge is 0.419 e. The molecule has 1 amide bonds. The molecule has 13 heteroatoms. The number of halogens is 4. The predicted octanol–water partition coefficient (Wildman–Crippen LogP) is 4.61. The van der Waals surface area contributed by atoms with Gasteiger partial charge in [-0.2, -0.15) is 18.3 Å². The average Bonchev–Trinajstić information content (AvgIpc) is 3.26. The summed E-state index contributed by atoms with van der Waals surface area (Å²) < 4.78 is 58.3. The fourth-order valence-corrected chi connectivity index (χ4v) is 4.90. The van der Waals surface area contributed by atoms with E-state index >= 15 is 4.39 Å². The third kappa shape index (κ3) is 6.52. The number of carbonyl (C=O) groups is 1. The first-order chi connectivity index (χ1) is 19.7. The molecule has 1 aliphatic heterocycles. The van der Waals surface area contributed by atoms with Crippen LogP contribution in [0.15, 0.2) is 42.7 Å². The second-order valence-corrected chi connectivity index (χ2v) is 10.7. The van der Waals surface area contributed by atoms with Crippen LogP contribution in [-0.2, 0) is 13.2 Å². The molecule has 0 bridgehead atoms. The minimum atomic E-state index is -4.95. The molecule has 2 aromatic carbocycles. The van der Waals surface area contributed by atoms with Gasteiger partial charge in [0.15, 0.2) is 5.82 Å². The number of nitrogens with one attached hydrogen (secondary N) is 1. The third-order valence-electron chi connectivity index (χ3n) is 7.58. The van der Waals surface area contributed by atoms with E-state index in [4.69, 9.17) is 11.6 Å². The summed E-state index contributed by atoms with van der Waals surface area (Å²) in [5, 5.41) is 7.95. The Labute approximate surface area is 242 Å². The van der Waals surface area contributed by atoms with Crippen LogP contribution in [0.25, 0.3) is 5.70 Å². The maximum absolute atomic E-state index is 15.2. The molecule has 1 aromatic heterocycles. The first-order valence-electron chi connectivity index (χ1n) is 13.5. The van der Waals surface area contributed by atoms with E-state index in [1.165, 1.54) is 29.4 Å². The standard InChI is InChI=1S/C29H36F4N8O/c1-17(2)39-8-10-40(11-9-39)26-14-21(13-23(27(26)30)29(31,32)33)37-28(42)20-7-6-18(3)25(12-20)41(35)16-24(34)22-15-36-38(5)19(22)4/h6-7,12-17H,8-11,34-35H2,1-5H3,(H,37,42)/b24-16-. The molecule has 9 nitrogen and oxygen atoms in total. The summed E-state index contributed by atoms with van der Waals surface area (Å²) in [6, 6.07) is 6.83. The number of hydrogen-bond acceptors (Lipinski definition) is 7. The molecule has 0 radical (unpaired) electrons. The van der Waals surface area contributed by atoms with Gasteiger partial charge in [-0.25, -0.2) is 10.2 Å². The molecule has 1 fully saturated rings. The summed E-state index contributed by atoms with van der Waals surface area (Å²) in [4.78, 5) is 17.0. The van der Waals surface area contributed by atoms with Crippen molar-refractivity contribution in [2.45, 2.75) is 39.9 Å². The van der Waals surface area contributed by atoms with Gasteiger partial charge in [0.05, 0.1) is 28.8 Å². The summed E-state index contributed by atoms with van der Waals surface area (Å²) in [6.45, 7) is 9.57. The Morgan fingerprint density at radius 3 is 2.36 bits per heavy atom. The van der Waals surface area contributed by atoms with Crippen molar-refractivity contribution in [3.05, 3.63) is 76.5 Å². The molecule has 4 rings (SSSR count). The zero-order valence-corrected chi connectivity index (χ0v) is 24.3. The van der Waals surface area contributed by atoms with E-state index in [1.807, 2.05) is 20.8 Å². The van der Waals surface area contributed by atoms with E-state index in [2.05, 4.69) is 15.3 Å². The molecular weight excluding hydrogens is 552 g/mol. The van der Waals surface area contributed by atoms with Crippen LogP contribution in [0.1, 0.15) is 46.6 Å². The Kier molecular flexibility index (Phi) is 8.83. The number of amides is 1. The molecule has 42 heavy (non-hydrogen) atoms. The number of hydrazine groups is 1. The number of anilines is 3. The second-order valence-electron chi connectivity index (χ2n) is 10.7. The minimum absolute atomic E-state index is 0.139. The highest BCUT2D eigenvalue weighted by molar-refractivity contribution is 6.05. The van der Waals surface area contributed by atoms with Gasteiger partial charge in [0, 0.05) is 68.0 Å². The molecule has 0 unspecified atom stereocenters. The molecule has 1 aliphatic rings. The lowest BCUT2D eigenvalue weighted by atomic mass is 10.1. The molecule has 0 saturated carbocycles. The molecule has 5 N–H and O–H groups in total. The molecule has 0 atom stereocenters. The zero-order valence-electron chi connectivity index (χ0n) is 24.3. The highest BCUT2D eigenvalue weighted by Gasteiger charge is 2.37.